The molecule has 0 aliphatic heterocycles. The van der Waals surface area contributed by atoms with Crippen molar-refractivity contribution in [1.29, 1.82) is 0 Å². The number of hydrogen-bond donors (Lipinski definition) is 1. The summed E-state index contributed by atoms with van der Waals surface area (Å²) in [5, 5.41) is 4.48. The van der Waals surface area contributed by atoms with Crippen molar-refractivity contribution < 1.29 is 4.39 Å². The SMILES string of the molecule is CCc1cc(CN(CCCN)c2ccc(F)cc2)n(C)n1. The summed E-state index contributed by atoms with van der Waals surface area (Å²) >= 11 is 0. The van der Waals surface area contributed by atoms with Crippen LogP contribution in [-0.4, -0.2) is 22.9 Å². The third kappa shape index (κ3) is 4.04. The lowest BCUT2D eigenvalue weighted by molar-refractivity contribution is 0.626. The van der Waals surface area contributed by atoms with Crippen LogP contribution in [-0.2, 0) is 20.0 Å². The van der Waals surface area contributed by atoms with E-state index in [1.165, 1.54) is 12.1 Å². The molecule has 114 valence electrons. The van der Waals surface area contributed by atoms with E-state index in [0.717, 1.165) is 43.0 Å². The Morgan fingerprint density at radius 1 is 1.29 bits per heavy atom. The van der Waals surface area contributed by atoms with Gasteiger partial charge in [-0.25, -0.2) is 4.39 Å². The second kappa shape index (κ2) is 7.22. The molecule has 0 aliphatic rings. The van der Waals surface area contributed by atoms with E-state index in [2.05, 4.69) is 23.0 Å². The summed E-state index contributed by atoms with van der Waals surface area (Å²) in [5.74, 6) is -0.216. The fourth-order valence-corrected chi connectivity index (χ4v) is 2.32. The van der Waals surface area contributed by atoms with Crippen LogP contribution in [0.2, 0.25) is 0 Å². The average molecular weight is 290 g/mol. The second-order valence-electron chi connectivity index (χ2n) is 5.14. The number of halogens is 1. The predicted octanol–water partition coefficient (Wildman–Crippen LogP) is 2.48. The molecule has 0 radical (unpaired) electrons. The molecule has 21 heavy (non-hydrogen) atoms. The van der Waals surface area contributed by atoms with Gasteiger partial charge in [-0.1, -0.05) is 6.92 Å². The van der Waals surface area contributed by atoms with Gasteiger partial charge in [0, 0.05) is 19.3 Å². The van der Waals surface area contributed by atoms with Crippen LogP contribution >= 0.6 is 0 Å². The Morgan fingerprint density at radius 3 is 2.57 bits per heavy atom. The maximum atomic E-state index is 13.1. The summed E-state index contributed by atoms with van der Waals surface area (Å²) in [6, 6.07) is 8.72. The highest BCUT2D eigenvalue weighted by molar-refractivity contribution is 5.46. The lowest BCUT2D eigenvalue weighted by Crippen LogP contribution is -2.26. The fraction of sp³-hybridized carbons (Fsp3) is 0.438. The summed E-state index contributed by atoms with van der Waals surface area (Å²) < 4.78 is 15.0. The van der Waals surface area contributed by atoms with E-state index in [1.54, 1.807) is 0 Å². The van der Waals surface area contributed by atoms with Gasteiger partial charge in [-0.05, 0) is 49.7 Å². The molecule has 0 amide bonds. The number of benzene rings is 1. The minimum atomic E-state index is -0.216. The zero-order chi connectivity index (χ0) is 15.2. The van der Waals surface area contributed by atoms with Crippen molar-refractivity contribution in [1.82, 2.24) is 9.78 Å². The van der Waals surface area contributed by atoms with Crippen molar-refractivity contribution >= 4 is 5.69 Å². The molecule has 2 N–H and O–H groups in total. The third-order valence-corrected chi connectivity index (χ3v) is 3.57. The highest BCUT2D eigenvalue weighted by Crippen LogP contribution is 2.18. The molecular formula is C16H23FN4. The molecule has 0 atom stereocenters. The van der Waals surface area contributed by atoms with Gasteiger partial charge in [0.25, 0.3) is 0 Å². The van der Waals surface area contributed by atoms with Gasteiger partial charge in [0.1, 0.15) is 5.82 Å². The number of nitrogens with two attached hydrogens (primary N) is 1. The Kier molecular flexibility index (Phi) is 5.33. The van der Waals surface area contributed by atoms with E-state index in [9.17, 15) is 4.39 Å². The van der Waals surface area contributed by atoms with Crippen LogP contribution in [0.4, 0.5) is 10.1 Å². The molecule has 2 aromatic rings. The Labute approximate surface area is 125 Å². The molecule has 0 fully saturated rings. The summed E-state index contributed by atoms with van der Waals surface area (Å²) in [5.41, 5.74) is 8.86. The maximum absolute atomic E-state index is 13.1. The molecule has 5 heteroatoms. The van der Waals surface area contributed by atoms with Crippen molar-refractivity contribution in [2.75, 3.05) is 18.0 Å². The van der Waals surface area contributed by atoms with Gasteiger partial charge in [0.05, 0.1) is 17.9 Å². The van der Waals surface area contributed by atoms with Crippen LogP contribution in [0.15, 0.2) is 30.3 Å². The molecule has 0 bridgehead atoms. The quantitative estimate of drug-likeness (QED) is 0.852. The van der Waals surface area contributed by atoms with Gasteiger partial charge in [0.2, 0.25) is 0 Å². The van der Waals surface area contributed by atoms with E-state index in [0.29, 0.717) is 6.54 Å². The normalized spacial score (nSPS) is 10.9. The van der Waals surface area contributed by atoms with E-state index in [4.69, 9.17) is 5.73 Å². The van der Waals surface area contributed by atoms with Crippen molar-refractivity contribution in [3.05, 3.63) is 47.5 Å². The Bertz CT molecular complexity index is 562. The number of anilines is 1. The van der Waals surface area contributed by atoms with Crippen LogP contribution in [0.1, 0.15) is 24.7 Å². The number of aromatic nitrogens is 2. The zero-order valence-corrected chi connectivity index (χ0v) is 12.7. The van der Waals surface area contributed by atoms with Gasteiger partial charge >= 0.3 is 0 Å². The molecule has 0 aliphatic carbocycles. The summed E-state index contributed by atoms with van der Waals surface area (Å²) in [6.07, 6.45) is 1.82. The first-order chi connectivity index (χ1) is 10.1. The molecule has 0 spiro atoms. The van der Waals surface area contributed by atoms with E-state index in [1.807, 2.05) is 23.9 Å². The van der Waals surface area contributed by atoms with Crippen LogP contribution in [0, 0.1) is 5.82 Å². The van der Waals surface area contributed by atoms with Crippen molar-refractivity contribution in [2.24, 2.45) is 12.8 Å². The lowest BCUT2D eigenvalue weighted by Gasteiger charge is -2.24. The van der Waals surface area contributed by atoms with Crippen molar-refractivity contribution in [3.63, 3.8) is 0 Å². The van der Waals surface area contributed by atoms with E-state index in [-0.39, 0.29) is 5.82 Å². The van der Waals surface area contributed by atoms with Gasteiger partial charge in [-0.15, -0.1) is 0 Å². The van der Waals surface area contributed by atoms with E-state index < -0.39 is 0 Å². The molecule has 2 rings (SSSR count). The molecule has 1 aromatic heterocycles. The Balaban J connectivity index is 2.19. The first-order valence-corrected chi connectivity index (χ1v) is 7.36. The minimum Gasteiger partial charge on any atom is -0.366 e. The van der Waals surface area contributed by atoms with Gasteiger partial charge in [0.15, 0.2) is 0 Å². The van der Waals surface area contributed by atoms with Gasteiger partial charge in [-0.3, -0.25) is 4.68 Å². The van der Waals surface area contributed by atoms with Gasteiger partial charge < -0.3 is 10.6 Å². The highest BCUT2D eigenvalue weighted by atomic mass is 19.1. The standard InChI is InChI=1S/C16H23FN4/c1-3-14-11-16(20(2)19-14)12-21(10-4-9-18)15-7-5-13(17)6-8-15/h5-8,11H,3-4,9-10,12,18H2,1-2H3. The molecule has 0 saturated heterocycles. The maximum Gasteiger partial charge on any atom is 0.123 e. The van der Waals surface area contributed by atoms with Crippen LogP contribution in [0.3, 0.4) is 0 Å². The summed E-state index contributed by atoms with van der Waals surface area (Å²) in [7, 11) is 1.96. The van der Waals surface area contributed by atoms with Crippen molar-refractivity contribution in [3.8, 4) is 0 Å². The monoisotopic (exact) mass is 290 g/mol. The fourth-order valence-electron chi connectivity index (χ4n) is 2.32. The average Bonchev–Trinajstić information content (AvgIpc) is 2.85. The zero-order valence-electron chi connectivity index (χ0n) is 12.7. The molecule has 4 nitrogen and oxygen atoms in total. The van der Waals surface area contributed by atoms with Gasteiger partial charge in [-0.2, -0.15) is 5.10 Å². The van der Waals surface area contributed by atoms with Crippen molar-refractivity contribution in [2.45, 2.75) is 26.3 Å². The molecule has 0 unspecified atom stereocenters. The highest BCUT2D eigenvalue weighted by Gasteiger charge is 2.11. The summed E-state index contributed by atoms with van der Waals surface area (Å²) in [4.78, 5) is 2.21. The largest absolute Gasteiger partial charge is 0.366 e. The number of rotatable bonds is 7. The topological polar surface area (TPSA) is 47.1 Å². The molecule has 1 aromatic carbocycles. The first-order valence-electron chi connectivity index (χ1n) is 7.36. The Morgan fingerprint density at radius 2 is 2.00 bits per heavy atom. The second-order valence-corrected chi connectivity index (χ2v) is 5.14. The van der Waals surface area contributed by atoms with Crippen LogP contribution in [0.25, 0.3) is 0 Å². The minimum absolute atomic E-state index is 0.216. The summed E-state index contributed by atoms with van der Waals surface area (Å²) in [6.45, 7) is 4.32. The smallest absolute Gasteiger partial charge is 0.123 e. The molecule has 0 saturated carbocycles. The lowest BCUT2D eigenvalue weighted by atomic mass is 10.2. The molecular weight excluding hydrogens is 267 g/mol. The van der Waals surface area contributed by atoms with Crippen LogP contribution < -0.4 is 10.6 Å². The number of aryl methyl sites for hydroxylation is 2. The van der Waals surface area contributed by atoms with E-state index >= 15 is 0 Å². The number of nitrogens with zero attached hydrogens (tertiary/aromatic N) is 3. The Hall–Kier alpha value is -1.88. The predicted molar refractivity (Wildman–Crippen MR) is 83.7 cm³/mol. The van der Waals surface area contributed by atoms with Crippen LogP contribution in [0.5, 0.6) is 0 Å². The third-order valence-electron chi connectivity index (χ3n) is 3.57. The number of hydrogen-bond acceptors (Lipinski definition) is 3. The molecule has 1 heterocycles. The first kappa shape index (κ1) is 15.5.